The van der Waals surface area contributed by atoms with Crippen LogP contribution in [0.2, 0.25) is 0 Å². The molecule has 168 valence electrons. The molecule has 0 aliphatic rings. The first-order valence-corrected chi connectivity index (χ1v) is 8.80. The number of halogens is 3. The number of alkyl halides is 3. The van der Waals surface area contributed by atoms with Crippen LogP contribution in [0.3, 0.4) is 0 Å². The zero-order valence-corrected chi connectivity index (χ0v) is 16.2. The van der Waals surface area contributed by atoms with Gasteiger partial charge in [-0.05, 0) is 11.1 Å². The lowest BCUT2D eigenvalue weighted by molar-refractivity contribution is -0.192. The fourth-order valence-corrected chi connectivity index (χ4v) is 1.89. The van der Waals surface area contributed by atoms with E-state index in [0.717, 1.165) is 11.1 Å². The van der Waals surface area contributed by atoms with Crippen LogP contribution in [0.1, 0.15) is 11.1 Å². The Labute approximate surface area is 175 Å². The van der Waals surface area contributed by atoms with Crippen LogP contribution in [0.25, 0.3) is 0 Å². The van der Waals surface area contributed by atoms with Gasteiger partial charge < -0.3 is 25.6 Å². The summed E-state index contributed by atoms with van der Waals surface area (Å²) in [5.74, 6) is -3.34. The first-order chi connectivity index (χ1) is 14.6. The van der Waals surface area contributed by atoms with Crippen LogP contribution < -0.4 is 11.1 Å². The van der Waals surface area contributed by atoms with Crippen LogP contribution in [0.5, 0.6) is 0 Å². The third-order valence-corrected chi connectivity index (χ3v) is 3.45. The lowest BCUT2D eigenvalue weighted by Crippen LogP contribution is -2.43. The molecule has 0 saturated heterocycles. The number of amides is 1. The van der Waals surface area contributed by atoms with Crippen LogP contribution >= 0.6 is 0 Å². The Morgan fingerprint density at radius 2 is 1.32 bits per heavy atom. The number of carbonyl (C=O) groups excluding carboxylic acids is 2. The number of carboxylic acids is 1. The molecule has 0 bridgehead atoms. The highest BCUT2D eigenvalue weighted by atomic mass is 19.4. The van der Waals surface area contributed by atoms with Crippen molar-refractivity contribution in [3.8, 4) is 0 Å². The molecule has 11 heteroatoms. The van der Waals surface area contributed by atoms with Gasteiger partial charge in [0.1, 0.15) is 19.3 Å². The molecule has 0 saturated carbocycles. The standard InChI is InChI=1S/C18H20N2O4.C2HF3O2/c19-16(17(21)23-12-14-7-3-1-4-8-14)11-20-18(22)24-13-15-9-5-2-6-10-15;3-2(4,5)1(6)7/h1-10,16H,11-13,19H2,(H,20,22);(H,6,7)/t16-;/m1./s1. The second kappa shape index (κ2) is 12.9. The number of esters is 1. The van der Waals surface area contributed by atoms with Gasteiger partial charge in [-0.15, -0.1) is 0 Å². The maximum absolute atomic E-state index is 11.8. The molecule has 0 aliphatic carbocycles. The van der Waals surface area contributed by atoms with Gasteiger partial charge in [0.15, 0.2) is 0 Å². The number of carboxylic acid groups (broad SMARTS) is 1. The molecule has 0 aliphatic heterocycles. The molecule has 8 nitrogen and oxygen atoms in total. The molecule has 0 radical (unpaired) electrons. The highest BCUT2D eigenvalue weighted by molar-refractivity contribution is 5.77. The minimum atomic E-state index is -5.08. The molecule has 0 heterocycles. The quantitative estimate of drug-likeness (QED) is 0.563. The largest absolute Gasteiger partial charge is 0.490 e. The highest BCUT2D eigenvalue weighted by Gasteiger charge is 2.38. The summed E-state index contributed by atoms with van der Waals surface area (Å²) in [6.07, 6.45) is -5.72. The molecule has 0 fully saturated rings. The van der Waals surface area contributed by atoms with E-state index in [0.29, 0.717) is 0 Å². The fraction of sp³-hybridized carbons (Fsp3) is 0.250. The van der Waals surface area contributed by atoms with Crippen molar-refractivity contribution < 1.29 is 42.1 Å². The predicted molar refractivity (Wildman–Crippen MR) is 103 cm³/mol. The maximum Gasteiger partial charge on any atom is 0.490 e. The van der Waals surface area contributed by atoms with E-state index in [1.54, 1.807) is 0 Å². The van der Waals surface area contributed by atoms with Crippen molar-refractivity contribution in [3.05, 3.63) is 71.8 Å². The Hall–Kier alpha value is -3.60. The minimum absolute atomic E-state index is 0.0543. The topological polar surface area (TPSA) is 128 Å². The number of benzene rings is 2. The average molecular weight is 442 g/mol. The van der Waals surface area contributed by atoms with Crippen molar-refractivity contribution in [2.75, 3.05) is 6.54 Å². The highest BCUT2D eigenvalue weighted by Crippen LogP contribution is 2.13. The van der Waals surface area contributed by atoms with Crippen LogP contribution in [0.15, 0.2) is 60.7 Å². The van der Waals surface area contributed by atoms with E-state index < -0.39 is 30.2 Å². The molecule has 2 aromatic rings. The third-order valence-electron chi connectivity index (χ3n) is 3.45. The number of aliphatic carboxylic acids is 1. The summed E-state index contributed by atoms with van der Waals surface area (Å²) < 4.78 is 41.9. The van der Waals surface area contributed by atoms with Crippen molar-refractivity contribution >= 4 is 18.0 Å². The Kier molecular flexibility index (Phi) is 10.5. The summed E-state index contributed by atoms with van der Waals surface area (Å²) in [5.41, 5.74) is 7.44. The summed E-state index contributed by atoms with van der Waals surface area (Å²) in [5, 5.41) is 9.57. The molecular weight excluding hydrogens is 421 g/mol. The van der Waals surface area contributed by atoms with Gasteiger partial charge in [-0.2, -0.15) is 13.2 Å². The van der Waals surface area contributed by atoms with Crippen LogP contribution in [-0.2, 0) is 32.3 Å². The first-order valence-electron chi connectivity index (χ1n) is 8.80. The Morgan fingerprint density at radius 3 is 1.74 bits per heavy atom. The number of carbonyl (C=O) groups is 3. The van der Waals surface area contributed by atoms with Gasteiger partial charge in [0, 0.05) is 6.54 Å². The van der Waals surface area contributed by atoms with Crippen molar-refractivity contribution in [1.29, 1.82) is 0 Å². The average Bonchev–Trinajstić information content (AvgIpc) is 2.75. The number of hydrogen-bond donors (Lipinski definition) is 3. The number of ether oxygens (including phenoxy) is 2. The molecule has 2 rings (SSSR count). The number of hydrogen-bond acceptors (Lipinski definition) is 6. The van der Waals surface area contributed by atoms with E-state index in [2.05, 4.69) is 5.32 Å². The van der Waals surface area contributed by atoms with Gasteiger partial charge in [0.2, 0.25) is 0 Å². The second-order valence-electron chi connectivity index (χ2n) is 5.95. The van der Waals surface area contributed by atoms with Gasteiger partial charge >= 0.3 is 24.2 Å². The number of rotatable bonds is 7. The van der Waals surface area contributed by atoms with Crippen LogP contribution in [-0.4, -0.2) is 41.9 Å². The van der Waals surface area contributed by atoms with Crippen molar-refractivity contribution in [2.24, 2.45) is 5.73 Å². The Morgan fingerprint density at radius 1 is 0.903 bits per heavy atom. The lowest BCUT2D eigenvalue weighted by atomic mass is 10.2. The summed E-state index contributed by atoms with van der Waals surface area (Å²) in [6, 6.07) is 17.6. The zero-order chi connectivity index (χ0) is 23.3. The normalized spacial score (nSPS) is 11.4. The fourth-order valence-electron chi connectivity index (χ4n) is 1.89. The molecular formula is C20H21F3N2O6. The number of nitrogens with one attached hydrogen (secondary N) is 1. The van der Waals surface area contributed by atoms with Crippen molar-refractivity contribution in [1.82, 2.24) is 5.32 Å². The molecule has 1 amide bonds. The van der Waals surface area contributed by atoms with Crippen LogP contribution in [0.4, 0.5) is 18.0 Å². The molecule has 2 aromatic carbocycles. The smallest absolute Gasteiger partial charge is 0.475 e. The number of nitrogens with two attached hydrogens (primary N) is 1. The zero-order valence-electron chi connectivity index (χ0n) is 16.2. The van der Waals surface area contributed by atoms with Crippen molar-refractivity contribution in [3.63, 3.8) is 0 Å². The first kappa shape index (κ1) is 25.4. The van der Waals surface area contributed by atoms with Crippen molar-refractivity contribution in [2.45, 2.75) is 25.4 Å². The second-order valence-corrected chi connectivity index (χ2v) is 5.95. The monoisotopic (exact) mass is 442 g/mol. The minimum Gasteiger partial charge on any atom is -0.475 e. The lowest BCUT2D eigenvalue weighted by Gasteiger charge is -2.13. The van der Waals surface area contributed by atoms with Gasteiger partial charge in [0.25, 0.3) is 0 Å². The number of alkyl carbamates (subject to hydrolysis) is 1. The van der Waals surface area contributed by atoms with E-state index in [-0.39, 0.29) is 19.8 Å². The van der Waals surface area contributed by atoms with Gasteiger partial charge in [-0.25, -0.2) is 9.59 Å². The summed E-state index contributed by atoms with van der Waals surface area (Å²) in [4.78, 5) is 32.2. The molecule has 0 spiro atoms. The Balaban J connectivity index is 0.000000592. The van der Waals surface area contributed by atoms with E-state index in [9.17, 15) is 22.8 Å². The van der Waals surface area contributed by atoms with E-state index in [1.165, 1.54) is 0 Å². The maximum atomic E-state index is 11.8. The molecule has 0 unspecified atom stereocenters. The summed E-state index contributed by atoms with van der Waals surface area (Å²) >= 11 is 0. The van der Waals surface area contributed by atoms with Crippen LogP contribution in [0, 0.1) is 0 Å². The summed E-state index contributed by atoms with van der Waals surface area (Å²) in [6.45, 7) is 0.243. The molecule has 0 aromatic heterocycles. The molecule has 31 heavy (non-hydrogen) atoms. The molecule has 4 N–H and O–H groups in total. The van der Waals surface area contributed by atoms with Gasteiger partial charge in [0.05, 0.1) is 0 Å². The van der Waals surface area contributed by atoms with Gasteiger partial charge in [-0.1, -0.05) is 60.7 Å². The SMILES string of the molecule is N[C@H](CNC(=O)OCc1ccccc1)C(=O)OCc1ccccc1.O=C(O)C(F)(F)F. The predicted octanol–water partition coefficient (Wildman–Crippen LogP) is 2.62. The third kappa shape index (κ3) is 11.2. The molecule has 1 atom stereocenters. The van der Waals surface area contributed by atoms with E-state index in [4.69, 9.17) is 25.1 Å². The summed E-state index contributed by atoms with van der Waals surface area (Å²) in [7, 11) is 0. The van der Waals surface area contributed by atoms with E-state index >= 15 is 0 Å². The Bertz CT molecular complexity index is 832. The van der Waals surface area contributed by atoms with Gasteiger partial charge in [-0.3, -0.25) is 4.79 Å². The van der Waals surface area contributed by atoms with E-state index in [1.807, 2.05) is 60.7 Å².